The molecule has 0 atom stereocenters. The molecule has 2 heterocycles. The zero-order valence-corrected chi connectivity index (χ0v) is 15.7. The average Bonchev–Trinajstić information content (AvgIpc) is 2.64. The minimum absolute atomic E-state index is 0.0712. The molecular formula is C19H21F2N5O3. The Labute approximate surface area is 165 Å². The lowest BCUT2D eigenvalue weighted by atomic mass is 9.91. The number of halogens is 2. The van der Waals surface area contributed by atoms with E-state index in [1.54, 1.807) is 11.0 Å². The molecule has 1 aliphatic heterocycles. The molecule has 1 aliphatic rings. The monoisotopic (exact) mass is 405 g/mol. The largest absolute Gasteiger partial charge is 0.443 e. The number of amides is 1. The molecular weight excluding hydrogens is 384 g/mol. The summed E-state index contributed by atoms with van der Waals surface area (Å²) in [6.45, 7) is 2.04. The molecule has 5 N–H and O–H groups in total. The summed E-state index contributed by atoms with van der Waals surface area (Å²) >= 11 is 0. The standard InChI is InChI=1S/C19H21F2N5O3/c1-2-19(28)9-26(10-19)16-14(20)6-12(7-24-16)13-5-3-4-11(15(13)21)8-29-18(27)25-17(22)23/h3-7,28H,2,8-10H2,1H3,(H4,22,23,25,27). The number of β-amino-alcohol motifs (C(OH)–C–C–N with tert-alkyl or cyclic N) is 1. The number of nitrogens with zero attached hydrogens (tertiary/aromatic N) is 3. The summed E-state index contributed by atoms with van der Waals surface area (Å²) < 4.78 is 34.2. The summed E-state index contributed by atoms with van der Waals surface area (Å²) in [5.74, 6) is -1.66. The Morgan fingerprint density at radius 1 is 1.38 bits per heavy atom. The van der Waals surface area contributed by atoms with Gasteiger partial charge in [0.1, 0.15) is 12.4 Å². The maximum atomic E-state index is 14.8. The molecule has 10 heteroatoms. The smallest absolute Gasteiger partial charge is 0.437 e. The Hall–Kier alpha value is -3.27. The molecule has 8 nitrogen and oxygen atoms in total. The molecule has 0 aliphatic carbocycles. The average molecular weight is 405 g/mol. The van der Waals surface area contributed by atoms with E-state index in [9.17, 15) is 18.7 Å². The van der Waals surface area contributed by atoms with Crippen LogP contribution in [-0.2, 0) is 11.3 Å². The van der Waals surface area contributed by atoms with Gasteiger partial charge in [0.15, 0.2) is 17.6 Å². The molecule has 154 valence electrons. The number of hydrogen-bond donors (Lipinski definition) is 3. The van der Waals surface area contributed by atoms with Crippen LogP contribution in [0.4, 0.5) is 19.4 Å². The second-order valence-electron chi connectivity index (χ2n) is 6.83. The molecule has 1 aromatic carbocycles. The summed E-state index contributed by atoms with van der Waals surface area (Å²) in [6, 6.07) is 5.61. The fourth-order valence-corrected chi connectivity index (χ4v) is 3.04. The maximum Gasteiger partial charge on any atom is 0.437 e. The first kappa shape index (κ1) is 20.5. The van der Waals surface area contributed by atoms with Crippen LogP contribution in [0.15, 0.2) is 35.5 Å². The molecule has 2 aromatic rings. The van der Waals surface area contributed by atoms with E-state index in [1.807, 2.05) is 6.92 Å². The van der Waals surface area contributed by atoms with Crippen molar-refractivity contribution in [3.8, 4) is 11.1 Å². The van der Waals surface area contributed by atoms with Crippen LogP contribution in [0.25, 0.3) is 11.1 Å². The van der Waals surface area contributed by atoms with E-state index in [4.69, 9.17) is 16.2 Å². The predicted molar refractivity (Wildman–Crippen MR) is 103 cm³/mol. The molecule has 0 saturated carbocycles. The van der Waals surface area contributed by atoms with Crippen molar-refractivity contribution in [2.45, 2.75) is 25.6 Å². The topological polar surface area (TPSA) is 127 Å². The van der Waals surface area contributed by atoms with Gasteiger partial charge in [-0.1, -0.05) is 25.1 Å². The van der Waals surface area contributed by atoms with E-state index in [0.29, 0.717) is 6.42 Å². The van der Waals surface area contributed by atoms with Gasteiger partial charge >= 0.3 is 6.09 Å². The van der Waals surface area contributed by atoms with Crippen molar-refractivity contribution in [1.29, 1.82) is 0 Å². The summed E-state index contributed by atoms with van der Waals surface area (Å²) in [6.07, 6.45) is 0.873. The number of guanidine groups is 1. The number of anilines is 1. The van der Waals surface area contributed by atoms with Gasteiger partial charge in [0.25, 0.3) is 0 Å². The van der Waals surface area contributed by atoms with Gasteiger partial charge in [0.05, 0.1) is 18.7 Å². The van der Waals surface area contributed by atoms with E-state index < -0.39 is 35.9 Å². The number of carbonyl (C=O) groups is 1. The minimum Gasteiger partial charge on any atom is -0.443 e. The lowest BCUT2D eigenvalue weighted by Gasteiger charge is -2.46. The van der Waals surface area contributed by atoms with Gasteiger partial charge in [-0.2, -0.15) is 0 Å². The third kappa shape index (κ3) is 4.43. The number of hydrogen-bond acceptors (Lipinski definition) is 5. The molecule has 1 saturated heterocycles. The Bertz CT molecular complexity index is 957. The summed E-state index contributed by atoms with van der Waals surface area (Å²) in [4.78, 5) is 20.3. The Morgan fingerprint density at radius 2 is 2.10 bits per heavy atom. The first-order chi connectivity index (χ1) is 13.7. The van der Waals surface area contributed by atoms with E-state index in [0.717, 1.165) is 0 Å². The zero-order chi connectivity index (χ0) is 21.2. The van der Waals surface area contributed by atoms with E-state index in [2.05, 4.69) is 9.98 Å². The van der Waals surface area contributed by atoms with E-state index >= 15 is 0 Å². The van der Waals surface area contributed by atoms with Crippen molar-refractivity contribution >= 4 is 17.9 Å². The van der Waals surface area contributed by atoms with Crippen molar-refractivity contribution in [1.82, 2.24) is 4.98 Å². The highest BCUT2D eigenvalue weighted by molar-refractivity contribution is 5.87. The van der Waals surface area contributed by atoms with Crippen molar-refractivity contribution in [2.24, 2.45) is 16.5 Å². The van der Waals surface area contributed by atoms with Crippen molar-refractivity contribution in [3.05, 3.63) is 47.7 Å². The van der Waals surface area contributed by atoms with Crippen molar-refractivity contribution < 1.29 is 23.4 Å². The van der Waals surface area contributed by atoms with Gasteiger partial charge in [-0.3, -0.25) is 0 Å². The number of ether oxygens (including phenoxy) is 1. The van der Waals surface area contributed by atoms with Gasteiger partial charge in [-0.15, -0.1) is 4.99 Å². The van der Waals surface area contributed by atoms with Gasteiger partial charge in [-0.25, -0.2) is 18.6 Å². The predicted octanol–water partition coefficient (Wildman–Crippen LogP) is 1.90. The zero-order valence-electron chi connectivity index (χ0n) is 15.7. The molecule has 3 rings (SSSR count). The highest BCUT2D eigenvalue weighted by Gasteiger charge is 2.41. The number of pyridine rings is 1. The van der Waals surface area contributed by atoms with Crippen LogP contribution >= 0.6 is 0 Å². The third-order valence-electron chi connectivity index (χ3n) is 4.71. The second kappa shape index (κ2) is 8.00. The normalized spacial score (nSPS) is 14.8. The van der Waals surface area contributed by atoms with Gasteiger partial charge < -0.3 is 26.2 Å². The van der Waals surface area contributed by atoms with Crippen LogP contribution in [0.5, 0.6) is 0 Å². The molecule has 0 spiro atoms. The third-order valence-corrected chi connectivity index (χ3v) is 4.71. The van der Waals surface area contributed by atoms with Gasteiger partial charge in [0, 0.05) is 22.9 Å². The van der Waals surface area contributed by atoms with Crippen LogP contribution in [0.3, 0.4) is 0 Å². The van der Waals surface area contributed by atoms with E-state index in [1.165, 1.54) is 24.4 Å². The quantitative estimate of drug-likeness (QED) is 0.512. The number of aliphatic imine (C=N–C) groups is 1. The van der Waals surface area contributed by atoms with Crippen LogP contribution in [0.1, 0.15) is 18.9 Å². The Kier molecular flexibility index (Phi) is 5.64. The molecule has 0 unspecified atom stereocenters. The summed E-state index contributed by atoms with van der Waals surface area (Å²) in [5.41, 5.74) is 9.71. The van der Waals surface area contributed by atoms with E-state index in [-0.39, 0.29) is 35.6 Å². The SMILES string of the molecule is CCC1(O)CN(c2ncc(-c3cccc(COC(=O)N=C(N)N)c3F)cc2F)C1. The van der Waals surface area contributed by atoms with Crippen molar-refractivity contribution in [2.75, 3.05) is 18.0 Å². The summed E-state index contributed by atoms with van der Waals surface area (Å²) in [5, 5.41) is 10.1. The highest BCUT2D eigenvalue weighted by atomic mass is 19.1. The maximum absolute atomic E-state index is 14.8. The lowest BCUT2D eigenvalue weighted by molar-refractivity contribution is 0.00769. The lowest BCUT2D eigenvalue weighted by Crippen LogP contribution is -2.62. The summed E-state index contributed by atoms with van der Waals surface area (Å²) in [7, 11) is 0. The number of aromatic nitrogens is 1. The van der Waals surface area contributed by atoms with Gasteiger partial charge in [-0.05, 0) is 12.5 Å². The first-order valence-corrected chi connectivity index (χ1v) is 8.89. The first-order valence-electron chi connectivity index (χ1n) is 8.89. The van der Waals surface area contributed by atoms with Gasteiger partial charge in [0.2, 0.25) is 0 Å². The minimum atomic E-state index is -1.05. The molecule has 29 heavy (non-hydrogen) atoms. The molecule has 1 aromatic heterocycles. The number of nitrogens with two attached hydrogens (primary N) is 2. The van der Waals surface area contributed by atoms with Crippen molar-refractivity contribution in [3.63, 3.8) is 0 Å². The number of carbonyl (C=O) groups excluding carboxylic acids is 1. The number of aliphatic hydroxyl groups is 1. The fraction of sp³-hybridized carbons (Fsp3) is 0.316. The highest BCUT2D eigenvalue weighted by Crippen LogP contribution is 2.33. The molecule has 0 radical (unpaired) electrons. The van der Waals surface area contributed by atoms with Crippen LogP contribution in [0.2, 0.25) is 0 Å². The van der Waals surface area contributed by atoms with Crippen LogP contribution < -0.4 is 16.4 Å². The van der Waals surface area contributed by atoms with Crippen LogP contribution in [-0.4, -0.2) is 40.8 Å². The fourth-order valence-electron chi connectivity index (χ4n) is 3.04. The Morgan fingerprint density at radius 3 is 2.72 bits per heavy atom. The Balaban J connectivity index is 1.78. The number of rotatable bonds is 5. The molecule has 1 amide bonds. The number of benzene rings is 1. The second-order valence-corrected chi connectivity index (χ2v) is 6.83. The molecule has 0 bridgehead atoms. The molecule has 1 fully saturated rings. The van der Waals surface area contributed by atoms with Crippen LogP contribution in [0, 0.1) is 11.6 Å².